The van der Waals surface area contributed by atoms with Crippen molar-refractivity contribution in [3.8, 4) is 17.2 Å². The van der Waals surface area contributed by atoms with Crippen LogP contribution in [0.3, 0.4) is 0 Å². The second-order valence-corrected chi connectivity index (χ2v) is 9.27. The molecule has 0 aromatic heterocycles. The van der Waals surface area contributed by atoms with E-state index in [1.54, 1.807) is 19.1 Å². The number of carbonyl (C=O) groups is 2. The molecule has 0 fully saturated rings. The van der Waals surface area contributed by atoms with Crippen LogP contribution in [0.1, 0.15) is 51.5 Å². The van der Waals surface area contributed by atoms with Gasteiger partial charge in [0.1, 0.15) is 5.75 Å². The van der Waals surface area contributed by atoms with Gasteiger partial charge in [0, 0.05) is 35.6 Å². The van der Waals surface area contributed by atoms with E-state index in [0.717, 1.165) is 11.3 Å². The molecule has 1 amide bonds. The third-order valence-electron chi connectivity index (χ3n) is 6.36. The molecular weight excluding hydrogens is 418 g/mol. The Morgan fingerprint density at radius 1 is 0.970 bits per heavy atom. The Bertz CT molecular complexity index is 1120. The van der Waals surface area contributed by atoms with Crippen molar-refractivity contribution < 1.29 is 23.8 Å². The Hall–Kier alpha value is -3.28. The molecule has 1 aliphatic heterocycles. The first-order valence-corrected chi connectivity index (χ1v) is 11.3. The number of anilines is 1. The summed E-state index contributed by atoms with van der Waals surface area (Å²) >= 11 is 0. The van der Waals surface area contributed by atoms with E-state index in [1.165, 1.54) is 0 Å². The minimum Gasteiger partial charge on any atom is -0.493 e. The Morgan fingerprint density at radius 2 is 1.70 bits per heavy atom. The second-order valence-electron chi connectivity index (χ2n) is 9.27. The lowest BCUT2D eigenvalue weighted by molar-refractivity contribution is -0.121. The molecule has 1 atom stereocenters. The highest BCUT2D eigenvalue weighted by atomic mass is 16.5. The largest absolute Gasteiger partial charge is 0.493 e. The number of ketones is 1. The van der Waals surface area contributed by atoms with Crippen molar-refractivity contribution in [2.45, 2.75) is 46.0 Å². The number of benzene rings is 2. The Labute approximate surface area is 195 Å². The highest BCUT2D eigenvalue weighted by molar-refractivity contribution is 6.08. The molecule has 0 spiro atoms. The van der Waals surface area contributed by atoms with Crippen LogP contribution in [-0.4, -0.2) is 32.5 Å². The zero-order chi connectivity index (χ0) is 23.8. The first-order valence-electron chi connectivity index (χ1n) is 11.3. The minimum absolute atomic E-state index is 0.0683. The quantitative estimate of drug-likeness (QED) is 0.601. The molecule has 6 heteroatoms. The van der Waals surface area contributed by atoms with Crippen molar-refractivity contribution in [1.82, 2.24) is 0 Å². The predicted octanol–water partition coefficient (Wildman–Crippen LogP) is 5.27. The smallest absolute Gasteiger partial charge is 0.232 e. The number of amides is 1. The highest BCUT2D eigenvalue weighted by Gasteiger charge is 2.45. The number of ether oxygens (including phenoxy) is 3. The summed E-state index contributed by atoms with van der Waals surface area (Å²) in [7, 11) is 3.16. The Balaban J connectivity index is 1.94. The average molecular weight is 450 g/mol. The van der Waals surface area contributed by atoms with Crippen molar-refractivity contribution in [3.05, 3.63) is 59.3 Å². The maximum Gasteiger partial charge on any atom is 0.232 e. The zero-order valence-corrected chi connectivity index (χ0v) is 19.9. The lowest BCUT2D eigenvalue weighted by Gasteiger charge is -2.43. The summed E-state index contributed by atoms with van der Waals surface area (Å²) in [6.07, 6.45) is 1.21. The van der Waals surface area contributed by atoms with E-state index in [-0.39, 0.29) is 23.5 Å². The van der Waals surface area contributed by atoms with Crippen molar-refractivity contribution in [1.29, 1.82) is 0 Å². The van der Waals surface area contributed by atoms with Gasteiger partial charge in [-0.15, -0.1) is 0 Å². The third kappa shape index (κ3) is 4.10. The maximum absolute atomic E-state index is 13.7. The van der Waals surface area contributed by atoms with Gasteiger partial charge in [-0.25, -0.2) is 0 Å². The van der Waals surface area contributed by atoms with Crippen LogP contribution in [0, 0.1) is 5.41 Å². The molecule has 33 heavy (non-hydrogen) atoms. The molecule has 174 valence electrons. The summed E-state index contributed by atoms with van der Waals surface area (Å²) in [6, 6.07) is 13.1. The van der Waals surface area contributed by atoms with Crippen LogP contribution in [0.4, 0.5) is 5.69 Å². The second kappa shape index (κ2) is 8.93. The Kier molecular flexibility index (Phi) is 6.19. The molecule has 1 unspecified atom stereocenters. The number of hydrogen-bond donors (Lipinski definition) is 0. The third-order valence-corrected chi connectivity index (χ3v) is 6.36. The summed E-state index contributed by atoms with van der Waals surface area (Å²) in [5, 5.41) is 0. The molecule has 4 rings (SSSR count). The molecule has 0 bridgehead atoms. The topological polar surface area (TPSA) is 65.1 Å². The normalized spacial score (nSPS) is 19.9. The summed E-state index contributed by atoms with van der Waals surface area (Å²) < 4.78 is 17.0. The van der Waals surface area contributed by atoms with Gasteiger partial charge in [0.2, 0.25) is 5.91 Å². The van der Waals surface area contributed by atoms with E-state index in [0.29, 0.717) is 48.0 Å². The van der Waals surface area contributed by atoms with Crippen LogP contribution in [0.2, 0.25) is 0 Å². The van der Waals surface area contributed by atoms with Crippen molar-refractivity contribution in [2.24, 2.45) is 5.41 Å². The van der Waals surface area contributed by atoms with E-state index >= 15 is 0 Å². The lowest BCUT2D eigenvalue weighted by atomic mass is 9.69. The van der Waals surface area contributed by atoms with Gasteiger partial charge in [0.25, 0.3) is 0 Å². The molecule has 1 aliphatic carbocycles. The molecule has 0 saturated heterocycles. The number of methoxy groups -OCH3 is 2. The van der Waals surface area contributed by atoms with Crippen LogP contribution < -0.4 is 19.1 Å². The van der Waals surface area contributed by atoms with Crippen molar-refractivity contribution in [3.63, 3.8) is 0 Å². The summed E-state index contributed by atoms with van der Waals surface area (Å²) in [5.74, 6) is 1.39. The fourth-order valence-electron chi connectivity index (χ4n) is 5.07. The molecular formula is C27H31NO5. The molecule has 1 heterocycles. The van der Waals surface area contributed by atoms with Gasteiger partial charge in [-0.05, 0) is 37.0 Å². The number of para-hydroxylation sites is 3. The molecule has 0 saturated carbocycles. The van der Waals surface area contributed by atoms with E-state index in [1.807, 2.05) is 49.4 Å². The summed E-state index contributed by atoms with van der Waals surface area (Å²) in [6.45, 7) is 6.54. The maximum atomic E-state index is 13.7. The van der Waals surface area contributed by atoms with Gasteiger partial charge in [0.05, 0.1) is 26.5 Å². The van der Waals surface area contributed by atoms with Crippen molar-refractivity contribution in [2.75, 3.05) is 25.7 Å². The predicted molar refractivity (Wildman–Crippen MR) is 127 cm³/mol. The van der Waals surface area contributed by atoms with E-state index < -0.39 is 5.92 Å². The molecule has 6 nitrogen and oxygen atoms in total. The van der Waals surface area contributed by atoms with E-state index in [2.05, 4.69) is 13.8 Å². The highest BCUT2D eigenvalue weighted by Crippen LogP contribution is 2.51. The summed E-state index contributed by atoms with van der Waals surface area (Å²) in [5.41, 5.74) is 2.67. The minimum atomic E-state index is -0.392. The zero-order valence-electron chi connectivity index (χ0n) is 19.9. The number of hydrogen-bond acceptors (Lipinski definition) is 5. The fraction of sp³-hybridized carbons (Fsp3) is 0.407. The number of allylic oxidation sites excluding steroid dienone is 2. The number of nitrogens with zero attached hydrogens (tertiary/aromatic N) is 1. The number of Topliss-reactive ketones (excluding diaryl/α,β-unsaturated/α-hetero) is 1. The monoisotopic (exact) mass is 449 g/mol. The van der Waals surface area contributed by atoms with Gasteiger partial charge in [0.15, 0.2) is 17.3 Å². The van der Waals surface area contributed by atoms with E-state index in [9.17, 15) is 9.59 Å². The van der Waals surface area contributed by atoms with Crippen molar-refractivity contribution >= 4 is 17.4 Å². The molecule has 2 aromatic rings. The van der Waals surface area contributed by atoms with Crippen LogP contribution >= 0.6 is 0 Å². The van der Waals surface area contributed by atoms with Gasteiger partial charge in [-0.1, -0.05) is 38.1 Å². The van der Waals surface area contributed by atoms with Crippen LogP contribution in [0.15, 0.2) is 53.7 Å². The molecule has 2 aromatic carbocycles. The van der Waals surface area contributed by atoms with Crippen LogP contribution in [0.25, 0.3) is 0 Å². The average Bonchev–Trinajstić information content (AvgIpc) is 2.78. The first kappa shape index (κ1) is 22.9. The lowest BCUT2D eigenvalue weighted by Crippen LogP contribution is -2.44. The molecule has 2 aliphatic rings. The summed E-state index contributed by atoms with van der Waals surface area (Å²) in [4.78, 5) is 29.0. The molecule has 0 radical (unpaired) electrons. The SMILES string of the molecule is CCOc1ccccc1N1C(=O)CC(c2cccc(OC)c2OC)C2=C1CC(C)(C)CC2=O. The van der Waals surface area contributed by atoms with Gasteiger partial charge < -0.3 is 14.2 Å². The number of carbonyl (C=O) groups excluding carboxylic acids is 2. The van der Waals surface area contributed by atoms with Crippen LogP contribution in [-0.2, 0) is 9.59 Å². The van der Waals surface area contributed by atoms with Gasteiger partial charge >= 0.3 is 0 Å². The van der Waals surface area contributed by atoms with Crippen LogP contribution in [0.5, 0.6) is 17.2 Å². The molecule has 0 N–H and O–H groups in total. The van der Waals surface area contributed by atoms with Gasteiger partial charge in [-0.3, -0.25) is 14.5 Å². The van der Waals surface area contributed by atoms with E-state index in [4.69, 9.17) is 14.2 Å². The first-order chi connectivity index (χ1) is 15.8. The Morgan fingerprint density at radius 3 is 2.39 bits per heavy atom. The van der Waals surface area contributed by atoms with Gasteiger partial charge in [-0.2, -0.15) is 0 Å². The number of rotatable bonds is 6. The standard InChI is InChI=1S/C27H31NO5/c1-6-33-22-12-8-7-11-19(22)28-20-15-27(2,3)16-21(29)25(20)18(14-24(28)30)17-10-9-13-23(31-4)26(17)32-5/h7-13,18H,6,14-16H2,1-5H3. The fourth-order valence-corrected chi connectivity index (χ4v) is 5.07.